The molecule has 0 aliphatic heterocycles. The summed E-state index contributed by atoms with van der Waals surface area (Å²) < 4.78 is 5.30. The highest BCUT2D eigenvalue weighted by Gasteiger charge is 2.30. The maximum absolute atomic E-state index is 10.5. The highest BCUT2D eigenvalue weighted by molar-refractivity contribution is 5.77. The molecule has 0 bridgehead atoms. The zero-order chi connectivity index (χ0) is 9.19. The second kappa shape index (κ2) is 3.41. The summed E-state index contributed by atoms with van der Waals surface area (Å²) in [6.45, 7) is 1.57. The van der Waals surface area contributed by atoms with Gasteiger partial charge in [0.15, 0.2) is 0 Å². The van der Waals surface area contributed by atoms with Crippen molar-refractivity contribution in [3.8, 4) is 0 Å². The van der Waals surface area contributed by atoms with Gasteiger partial charge < -0.3 is 15.6 Å². The Bertz CT molecular complexity index is 175. The Labute approximate surface area is 71.7 Å². The molecule has 1 atom stereocenters. The summed E-state index contributed by atoms with van der Waals surface area (Å²) in [7, 11) is 0. The second-order valence-corrected chi connectivity index (χ2v) is 3.59. The number of carboxylic acid groups (broad SMARTS) is 1. The maximum Gasteiger partial charge on any atom is 0.325 e. The van der Waals surface area contributed by atoms with E-state index in [4.69, 9.17) is 15.6 Å². The molecule has 0 heterocycles. The summed E-state index contributed by atoms with van der Waals surface area (Å²) in [6.07, 6.45) is 3.50. The fourth-order valence-corrected chi connectivity index (χ4v) is 0.890. The van der Waals surface area contributed by atoms with Crippen molar-refractivity contribution in [2.75, 3.05) is 6.61 Å². The monoisotopic (exact) mass is 173 g/mol. The van der Waals surface area contributed by atoms with Gasteiger partial charge in [-0.3, -0.25) is 4.79 Å². The van der Waals surface area contributed by atoms with Gasteiger partial charge in [0, 0.05) is 0 Å². The van der Waals surface area contributed by atoms with E-state index < -0.39 is 11.5 Å². The minimum absolute atomic E-state index is 0.104. The van der Waals surface area contributed by atoms with E-state index in [1.54, 1.807) is 0 Å². The average Bonchev–Trinajstić information content (AvgIpc) is 1.83. The van der Waals surface area contributed by atoms with E-state index in [9.17, 15) is 4.79 Å². The number of carbonyl (C=O) groups is 1. The van der Waals surface area contributed by atoms with E-state index >= 15 is 0 Å². The summed E-state index contributed by atoms with van der Waals surface area (Å²) in [6, 6.07) is 0. The van der Waals surface area contributed by atoms with Gasteiger partial charge in [-0.1, -0.05) is 0 Å². The Morgan fingerprint density at radius 1 is 1.75 bits per heavy atom. The third kappa shape index (κ3) is 2.19. The topological polar surface area (TPSA) is 72.5 Å². The van der Waals surface area contributed by atoms with E-state index in [-0.39, 0.29) is 12.7 Å². The molecule has 1 unspecified atom stereocenters. The summed E-state index contributed by atoms with van der Waals surface area (Å²) >= 11 is 0. The van der Waals surface area contributed by atoms with Crippen LogP contribution < -0.4 is 5.73 Å². The molecule has 1 aliphatic rings. The van der Waals surface area contributed by atoms with Crippen molar-refractivity contribution in [1.29, 1.82) is 0 Å². The molecule has 4 heteroatoms. The fraction of sp³-hybridized carbons (Fsp3) is 0.875. The fourth-order valence-electron chi connectivity index (χ4n) is 0.890. The molecule has 3 N–H and O–H groups in total. The van der Waals surface area contributed by atoms with Gasteiger partial charge in [-0.25, -0.2) is 0 Å². The molecule has 0 amide bonds. The first-order chi connectivity index (χ1) is 5.52. The Morgan fingerprint density at radius 2 is 2.33 bits per heavy atom. The van der Waals surface area contributed by atoms with Crippen LogP contribution in [0.1, 0.15) is 26.2 Å². The summed E-state index contributed by atoms with van der Waals surface area (Å²) in [5.41, 5.74) is 4.22. The van der Waals surface area contributed by atoms with Gasteiger partial charge in [0.25, 0.3) is 0 Å². The van der Waals surface area contributed by atoms with E-state index in [1.165, 1.54) is 13.3 Å². The van der Waals surface area contributed by atoms with Crippen LogP contribution in [0.3, 0.4) is 0 Å². The smallest absolute Gasteiger partial charge is 0.325 e. The molecule has 1 saturated carbocycles. The SMILES string of the molecule is CC(N)(COC1CCC1)C(=O)O. The first-order valence-electron chi connectivity index (χ1n) is 4.16. The van der Waals surface area contributed by atoms with Crippen molar-refractivity contribution in [1.82, 2.24) is 0 Å². The molecule has 1 fully saturated rings. The summed E-state index contributed by atoms with van der Waals surface area (Å²) in [5.74, 6) is -1.01. The largest absolute Gasteiger partial charge is 0.480 e. The van der Waals surface area contributed by atoms with Gasteiger partial charge in [-0.15, -0.1) is 0 Å². The first-order valence-corrected chi connectivity index (χ1v) is 4.16. The van der Waals surface area contributed by atoms with Crippen LogP contribution in [-0.2, 0) is 9.53 Å². The molecular weight excluding hydrogens is 158 g/mol. The number of rotatable bonds is 4. The third-order valence-electron chi connectivity index (χ3n) is 2.16. The van der Waals surface area contributed by atoms with E-state index in [0.29, 0.717) is 0 Å². The van der Waals surface area contributed by atoms with Crippen LogP contribution >= 0.6 is 0 Å². The van der Waals surface area contributed by atoms with Crippen LogP contribution in [0.2, 0.25) is 0 Å². The molecule has 0 aromatic heterocycles. The van der Waals surface area contributed by atoms with Crippen LogP contribution in [0.5, 0.6) is 0 Å². The molecule has 0 radical (unpaired) electrons. The molecule has 1 aliphatic carbocycles. The van der Waals surface area contributed by atoms with E-state index in [2.05, 4.69) is 0 Å². The molecule has 0 aromatic carbocycles. The Balaban J connectivity index is 2.24. The van der Waals surface area contributed by atoms with Crippen molar-refractivity contribution in [3.05, 3.63) is 0 Å². The van der Waals surface area contributed by atoms with Crippen molar-refractivity contribution < 1.29 is 14.6 Å². The highest BCUT2D eigenvalue weighted by Crippen LogP contribution is 2.22. The van der Waals surface area contributed by atoms with E-state index in [1.807, 2.05) is 0 Å². The maximum atomic E-state index is 10.5. The second-order valence-electron chi connectivity index (χ2n) is 3.59. The van der Waals surface area contributed by atoms with Crippen LogP contribution in [0.25, 0.3) is 0 Å². The molecule has 1 rings (SSSR count). The number of aliphatic carboxylic acids is 1. The molecule has 70 valence electrons. The quantitative estimate of drug-likeness (QED) is 0.643. The normalized spacial score (nSPS) is 22.8. The van der Waals surface area contributed by atoms with Gasteiger partial charge >= 0.3 is 5.97 Å². The van der Waals surface area contributed by atoms with Gasteiger partial charge in [-0.05, 0) is 26.2 Å². The van der Waals surface area contributed by atoms with Crippen molar-refractivity contribution in [2.24, 2.45) is 5.73 Å². The predicted octanol–water partition coefficient (Wildman–Crippen LogP) is 0.357. The van der Waals surface area contributed by atoms with Gasteiger partial charge in [0.2, 0.25) is 0 Å². The lowest BCUT2D eigenvalue weighted by Gasteiger charge is -2.29. The third-order valence-corrected chi connectivity index (χ3v) is 2.16. The Hall–Kier alpha value is -0.610. The standard InChI is InChI=1S/C8H15NO3/c1-8(9,7(10)11)5-12-6-3-2-4-6/h6H,2-5,9H2,1H3,(H,10,11). The Kier molecular flexibility index (Phi) is 2.69. The number of ether oxygens (including phenoxy) is 1. The summed E-state index contributed by atoms with van der Waals surface area (Å²) in [4.78, 5) is 10.5. The Morgan fingerprint density at radius 3 is 2.67 bits per heavy atom. The molecule has 0 aromatic rings. The highest BCUT2D eigenvalue weighted by atomic mass is 16.5. The molecule has 0 spiro atoms. The lowest BCUT2D eigenvalue weighted by Crippen LogP contribution is -2.50. The molecular formula is C8H15NO3. The summed E-state index contributed by atoms with van der Waals surface area (Å²) in [5, 5.41) is 8.64. The van der Waals surface area contributed by atoms with Gasteiger partial charge in [-0.2, -0.15) is 0 Å². The molecule has 12 heavy (non-hydrogen) atoms. The van der Waals surface area contributed by atoms with Crippen LogP contribution in [-0.4, -0.2) is 29.3 Å². The number of carboxylic acids is 1. The van der Waals surface area contributed by atoms with Gasteiger partial charge in [0.1, 0.15) is 5.54 Å². The first kappa shape index (κ1) is 9.48. The number of nitrogens with two attached hydrogens (primary N) is 1. The van der Waals surface area contributed by atoms with Crippen LogP contribution in [0, 0.1) is 0 Å². The van der Waals surface area contributed by atoms with Crippen molar-refractivity contribution >= 4 is 5.97 Å². The van der Waals surface area contributed by atoms with Crippen molar-refractivity contribution in [3.63, 3.8) is 0 Å². The minimum Gasteiger partial charge on any atom is -0.480 e. The zero-order valence-corrected chi connectivity index (χ0v) is 7.25. The average molecular weight is 173 g/mol. The zero-order valence-electron chi connectivity index (χ0n) is 7.25. The lowest BCUT2D eigenvalue weighted by molar-refractivity contribution is -0.146. The van der Waals surface area contributed by atoms with Gasteiger partial charge in [0.05, 0.1) is 12.7 Å². The van der Waals surface area contributed by atoms with E-state index in [0.717, 1.165) is 12.8 Å². The molecule has 4 nitrogen and oxygen atoms in total. The van der Waals surface area contributed by atoms with Crippen molar-refractivity contribution in [2.45, 2.75) is 37.8 Å². The minimum atomic E-state index is -1.24. The van der Waals surface area contributed by atoms with Crippen LogP contribution in [0.4, 0.5) is 0 Å². The number of hydrogen-bond donors (Lipinski definition) is 2. The predicted molar refractivity (Wildman–Crippen MR) is 43.8 cm³/mol. The van der Waals surface area contributed by atoms with Crippen LogP contribution in [0.15, 0.2) is 0 Å². The molecule has 0 saturated heterocycles. The number of hydrogen-bond acceptors (Lipinski definition) is 3. The lowest BCUT2D eigenvalue weighted by atomic mass is 9.96.